The Hall–Kier alpha value is -1.63. The molecule has 6 nitrogen and oxygen atoms in total. The molecule has 1 fully saturated rings. The number of nitrogens with zero attached hydrogens (tertiary/aromatic N) is 3. The van der Waals surface area contributed by atoms with Gasteiger partial charge in [0.15, 0.2) is 0 Å². The zero-order valence-corrected chi connectivity index (χ0v) is 14.7. The second kappa shape index (κ2) is 8.29. The van der Waals surface area contributed by atoms with Crippen LogP contribution in [0.25, 0.3) is 0 Å². The van der Waals surface area contributed by atoms with E-state index in [0.717, 1.165) is 23.4 Å². The molecule has 1 aliphatic heterocycles. The second-order valence-corrected chi connectivity index (χ2v) is 5.50. The van der Waals surface area contributed by atoms with Crippen LogP contribution in [0.4, 0.5) is 5.69 Å². The first-order valence-electron chi connectivity index (χ1n) is 7.06. The van der Waals surface area contributed by atoms with Crippen molar-refractivity contribution < 1.29 is 4.79 Å². The molecule has 0 saturated carbocycles. The topological polar surface area (TPSA) is 71.8 Å². The van der Waals surface area contributed by atoms with E-state index in [2.05, 4.69) is 20.7 Å². The van der Waals surface area contributed by atoms with E-state index >= 15 is 0 Å². The lowest BCUT2D eigenvalue weighted by molar-refractivity contribution is -0.119. The van der Waals surface area contributed by atoms with Gasteiger partial charge in [0.1, 0.15) is 0 Å². The Morgan fingerprint density at radius 2 is 2.13 bits per heavy atom. The Morgan fingerprint density at radius 3 is 2.78 bits per heavy atom. The Bertz CT molecular complexity index is 661. The van der Waals surface area contributed by atoms with Crippen LogP contribution in [0.1, 0.15) is 17.0 Å². The number of carbonyl (C=O) groups excluding carboxylic acids is 1. The lowest BCUT2D eigenvalue weighted by atomic mass is 9.90. The zero-order valence-electron chi connectivity index (χ0n) is 13.0. The van der Waals surface area contributed by atoms with Crippen molar-refractivity contribution in [2.75, 3.05) is 18.4 Å². The van der Waals surface area contributed by atoms with E-state index in [9.17, 15) is 4.79 Å². The highest BCUT2D eigenvalue weighted by atomic mass is 35.5. The van der Waals surface area contributed by atoms with Crippen LogP contribution in [0.5, 0.6) is 0 Å². The molecular formula is C15H21Cl2N5O. The third-order valence-electron chi connectivity index (χ3n) is 3.98. The summed E-state index contributed by atoms with van der Waals surface area (Å²) in [4.78, 5) is 16.6. The predicted octanol–water partition coefficient (Wildman–Crippen LogP) is 1.91. The molecule has 0 radical (unpaired) electrons. The van der Waals surface area contributed by atoms with Crippen molar-refractivity contribution in [1.29, 1.82) is 0 Å². The highest BCUT2D eigenvalue weighted by molar-refractivity contribution is 5.94. The molecule has 1 aliphatic rings. The van der Waals surface area contributed by atoms with Gasteiger partial charge < -0.3 is 10.6 Å². The minimum Gasteiger partial charge on any atom is -0.325 e. The number of aromatic nitrogens is 3. The third-order valence-corrected chi connectivity index (χ3v) is 3.98. The van der Waals surface area contributed by atoms with Crippen molar-refractivity contribution in [2.45, 2.75) is 12.8 Å². The van der Waals surface area contributed by atoms with Crippen LogP contribution in [0.2, 0.25) is 0 Å². The summed E-state index contributed by atoms with van der Waals surface area (Å²) in [7, 11) is 1.89. The molecule has 2 atom stereocenters. The molecule has 3 heterocycles. The van der Waals surface area contributed by atoms with Crippen LogP contribution in [-0.2, 0) is 11.8 Å². The first-order chi connectivity index (χ1) is 10.1. The van der Waals surface area contributed by atoms with Gasteiger partial charge in [-0.2, -0.15) is 5.10 Å². The van der Waals surface area contributed by atoms with Gasteiger partial charge in [0, 0.05) is 50.3 Å². The predicted molar refractivity (Wildman–Crippen MR) is 94.4 cm³/mol. The second-order valence-electron chi connectivity index (χ2n) is 5.50. The maximum Gasteiger partial charge on any atom is 0.229 e. The van der Waals surface area contributed by atoms with Crippen molar-refractivity contribution >= 4 is 36.4 Å². The average Bonchev–Trinajstić information content (AvgIpc) is 3.09. The van der Waals surface area contributed by atoms with Gasteiger partial charge in [-0.3, -0.25) is 14.5 Å². The first kappa shape index (κ1) is 19.4. The molecule has 23 heavy (non-hydrogen) atoms. The van der Waals surface area contributed by atoms with Crippen molar-refractivity contribution in [3.05, 3.63) is 42.0 Å². The molecule has 2 aromatic rings. The number of hydrogen-bond donors (Lipinski definition) is 2. The summed E-state index contributed by atoms with van der Waals surface area (Å²) in [6.07, 6.45) is 7.26. The molecule has 2 N–H and O–H groups in total. The summed E-state index contributed by atoms with van der Waals surface area (Å²) in [6, 6.07) is 1.83. The summed E-state index contributed by atoms with van der Waals surface area (Å²) >= 11 is 0. The van der Waals surface area contributed by atoms with E-state index in [1.165, 1.54) is 0 Å². The summed E-state index contributed by atoms with van der Waals surface area (Å²) in [6.45, 7) is 3.43. The number of rotatable bonds is 3. The summed E-state index contributed by atoms with van der Waals surface area (Å²) in [5, 5.41) is 10.5. The van der Waals surface area contributed by atoms with E-state index < -0.39 is 0 Å². The van der Waals surface area contributed by atoms with Gasteiger partial charge in [-0.1, -0.05) is 0 Å². The van der Waals surface area contributed by atoms with Crippen LogP contribution in [-0.4, -0.2) is 33.8 Å². The Kier molecular flexibility index (Phi) is 7.00. The molecule has 1 saturated heterocycles. The van der Waals surface area contributed by atoms with Crippen LogP contribution in [0.15, 0.2) is 30.9 Å². The van der Waals surface area contributed by atoms with E-state index in [1.54, 1.807) is 17.1 Å². The van der Waals surface area contributed by atoms with Crippen LogP contribution in [0, 0.1) is 12.8 Å². The zero-order chi connectivity index (χ0) is 14.8. The Balaban J connectivity index is 0.00000132. The van der Waals surface area contributed by atoms with Gasteiger partial charge in [-0.05, 0) is 24.1 Å². The summed E-state index contributed by atoms with van der Waals surface area (Å²) in [5.74, 6) is 0.130. The van der Waals surface area contributed by atoms with Gasteiger partial charge in [0.2, 0.25) is 5.91 Å². The molecule has 0 aromatic carbocycles. The van der Waals surface area contributed by atoms with Crippen LogP contribution in [0.3, 0.4) is 0 Å². The molecule has 8 heteroatoms. The summed E-state index contributed by atoms with van der Waals surface area (Å²) < 4.78 is 1.77. The van der Waals surface area contributed by atoms with Gasteiger partial charge in [-0.15, -0.1) is 24.8 Å². The van der Waals surface area contributed by atoms with Gasteiger partial charge >= 0.3 is 0 Å². The minimum atomic E-state index is -0.0817. The third kappa shape index (κ3) is 4.22. The van der Waals surface area contributed by atoms with E-state index in [-0.39, 0.29) is 42.6 Å². The monoisotopic (exact) mass is 357 g/mol. The number of anilines is 1. The van der Waals surface area contributed by atoms with E-state index in [0.29, 0.717) is 6.54 Å². The fraction of sp³-hybridized carbons (Fsp3) is 0.400. The molecular weight excluding hydrogens is 337 g/mol. The van der Waals surface area contributed by atoms with Crippen LogP contribution < -0.4 is 10.6 Å². The largest absolute Gasteiger partial charge is 0.325 e. The highest BCUT2D eigenvalue weighted by Gasteiger charge is 2.34. The van der Waals surface area contributed by atoms with Gasteiger partial charge in [-0.25, -0.2) is 0 Å². The number of amides is 1. The van der Waals surface area contributed by atoms with Crippen molar-refractivity contribution in [2.24, 2.45) is 13.0 Å². The quantitative estimate of drug-likeness (QED) is 0.879. The van der Waals surface area contributed by atoms with Crippen molar-refractivity contribution in [1.82, 2.24) is 20.1 Å². The normalized spacial score (nSPS) is 19.6. The standard InChI is InChI=1S/C15H19N5O.2ClH/c1-10-5-16-4-3-14(10)19-15(21)13-8-17-7-12(13)11-6-18-20(2)9-11;;/h3-6,9,12-13,17H,7-8H2,1-2H3,(H,16,19,21);2*1H/t12-,13+;;/m1../s1. The number of carbonyl (C=O) groups is 1. The average molecular weight is 358 g/mol. The molecule has 126 valence electrons. The van der Waals surface area contributed by atoms with Gasteiger partial charge in [0.05, 0.1) is 12.1 Å². The fourth-order valence-corrected chi connectivity index (χ4v) is 2.78. The number of nitrogens with one attached hydrogen (secondary N) is 2. The smallest absolute Gasteiger partial charge is 0.229 e. The number of pyridine rings is 1. The maximum absolute atomic E-state index is 12.6. The SMILES string of the molecule is Cc1cnccc1NC(=O)[C@H]1CNC[C@@H]1c1cnn(C)c1.Cl.Cl. The first-order valence-corrected chi connectivity index (χ1v) is 7.06. The van der Waals surface area contributed by atoms with Crippen molar-refractivity contribution in [3.8, 4) is 0 Å². The fourth-order valence-electron chi connectivity index (χ4n) is 2.78. The molecule has 1 amide bonds. The number of aryl methyl sites for hydroxylation is 2. The minimum absolute atomic E-state index is 0. The van der Waals surface area contributed by atoms with E-state index in [1.807, 2.05) is 32.4 Å². The molecule has 0 spiro atoms. The molecule has 0 unspecified atom stereocenters. The van der Waals surface area contributed by atoms with E-state index in [4.69, 9.17) is 0 Å². The highest BCUT2D eigenvalue weighted by Crippen LogP contribution is 2.29. The summed E-state index contributed by atoms with van der Waals surface area (Å²) in [5.41, 5.74) is 2.90. The number of hydrogen-bond acceptors (Lipinski definition) is 4. The number of halogens is 2. The lowest BCUT2D eigenvalue weighted by Gasteiger charge is -2.17. The maximum atomic E-state index is 12.6. The molecule has 0 bridgehead atoms. The molecule has 3 rings (SSSR count). The molecule has 2 aromatic heterocycles. The van der Waals surface area contributed by atoms with Crippen molar-refractivity contribution in [3.63, 3.8) is 0 Å². The van der Waals surface area contributed by atoms with Gasteiger partial charge in [0.25, 0.3) is 0 Å². The molecule has 0 aliphatic carbocycles. The lowest BCUT2D eigenvalue weighted by Crippen LogP contribution is -2.28. The van der Waals surface area contributed by atoms with Crippen LogP contribution >= 0.6 is 24.8 Å². The Labute approximate surface area is 147 Å². The Morgan fingerprint density at radius 1 is 1.35 bits per heavy atom.